The van der Waals surface area contributed by atoms with Crippen molar-refractivity contribution < 1.29 is 18.8 Å². The van der Waals surface area contributed by atoms with Gasteiger partial charge in [0.1, 0.15) is 6.26 Å². The zero-order chi connectivity index (χ0) is 20.2. The van der Waals surface area contributed by atoms with Gasteiger partial charge in [-0.3, -0.25) is 14.4 Å². The topological polar surface area (TPSA) is 74.1 Å². The first-order valence-corrected chi connectivity index (χ1v) is 10.1. The van der Waals surface area contributed by atoms with E-state index in [1.807, 2.05) is 40.1 Å². The number of nitrogens with zero attached hydrogens (tertiary/aromatic N) is 3. The first kappa shape index (κ1) is 19.2. The third-order valence-electron chi connectivity index (χ3n) is 5.80. The summed E-state index contributed by atoms with van der Waals surface area (Å²) >= 11 is 0. The van der Waals surface area contributed by atoms with E-state index in [-0.39, 0.29) is 23.6 Å². The number of likely N-dealkylation sites (tertiary alicyclic amines) is 1. The molecule has 1 aromatic carbocycles. The van der Waals surface area contributed by atoms with Crippen molar-refractivity contribution in [3.05, 3.63) is 60.1 Å². The summed E-state index contributed by atoms with van der Waals surface area (Å²) in [6.45, 7) is 3.38. The predicted octanol–water partition coefficient (Wildman–Crippen LogP) is 2.12. The molecule has 3 heterocycles. The molecule has 0 radical (unpaired) electrons. The fraction of sp³-hybridized carbons (Fsp3) is 0.409. The Balaban J connectivity index is 1.26. The predicted molar refractivity (Wildman–Crippen MR) is 106 cm³/mol. The van der Waals surface area contributed by atoms with Gasteiger partial charge in [-0.25, -0.2) is 0 Å². The minimum atomic E-state index is -0.0558. The smallest absolute Gasteiger partial charge is 0.257 e. The molecule has 0 aliphatic carbocycles. The summed E-state index contributed by atoms with van der Waals surface area (Å²) in [6, 6.07) is 10.9. The monoisotopic (exact) mass is 395 g/mol. The van der Waals surface area contributed by atoms with Gasteiger partial charge in [0.2, 0.25) is 5.91 Å². The van der Waals surface area contributed by atoms with Crippen molar-refractivity contribution in [2.45, 2.75) is 12.8 Å². The van der Waals surface area contributed by atoms with Gasteiger partial charge in [0.25, 0.3) is 11.8 Å². The van der Waals surface area contributed by atoms with Gasteiger partial charge in [0.05, 0.1) is 11.8 Å². The lowest BCUT2D eigenvalue weighted by Crippen LogP contribution is -2.53. The number of rotatable bonds is 3. The minimum Gasteiger partial charge on any atom is -0.472 e. The molecule has 0 spiro atoms. The molecule has 0 unspecified atom stereocenters. The molecule has 0 saturated carbocycles. The summed E-state index contributed by atoms with van der Waals surface area (Å²) in [5, 5.41) is 0. The summed E-state index contributed by atoms with van der Waals surface area (Å²) in [6.07, 6.45) is 4.29. The Bertz CT molecular complexity index is 849. The van der Waals surface area contributed by atoms with Crippen LogP contribution in [0.5, 0.6) is 0 Å². The van der Waals surface area contributed by atoms with Crippen molar-refractivity contribution in [2.75, 3.05) is 39.3 Å². The van der Waals surface area contributed by atoms with Gasteiger partial charge in [-0.1, -0.05) is 18.2 Å². The molecule has 7 nitrogen and oxygen atoms in total. The maximum absolute atomic E-state index is 12.9. The Morgan fingerprint density at radius 2 is 1.31 bits per heavy atom. The molecule has 2 saturated heterocycles. The van der Waals surface area contributed by atoms with Gasteiger partial charge in [-0.2, -0.15) is 0 Å². The first-order chi connectivity index (χ1) is 14.1. The SMILES string of the molecule is O=C(c1ccoc1)N1CCC(C(=O)N2CCN(C(=O)c3ccccc3)CC2)CC1. The molecule has 0 N–H and O–H groups in total. The fourth-order valence-corrected chi connectivity index (χ4v) is 4.05. The van der Waals surface area contributed by atoms with Crippen molar-refractivity contribution in [1.82, 2.24) is 14.7 Å². The molecule has 2 aliphatic heterocycles. The summed E-state index contributed by atoms with van der Waals surface area (Å²) in [7, 11) is 0. The molecular formula is C22H25N3O4. The number of piperazine rings is 1. The highest BCUT2D eigenvalue weighted by atomic mass is 16.3. The normalized spacial score (nSPS) is 18.0. The first-order valence-electron chi connectivity index (χ1n) is 10.1. The minimum absolute atomic E-state index is 0.0174. The van der Waals surface area contributed by atoms with Crippen LogP contribution in [0.3, 0.4) is 0 Å². The molecule has 1 aromatic heterocycles. The largest absolute Gasteiger partial charge is 0.472 e. The maximum Gasteiger partial charge on any atom is 0.257 e. The molecule has 2 aromatic rings. The average Bonchev–Trinajstić information content (AvgIpc) is 3.33. The zero-order valence-electron chi connectivity index (χ0n) is 16.3. The van der Waals surface area contributed by atoms with Crippen LogP contribution in [0, 0.1) is 5.92 Å². The van der Waals surface area contributed by atoms with E-state index in [1.165, 1.54) is 12.5 Å². The van der Waals surface area contributed by atoms with E-state index in [4.69, 9.17) is 4.42 Å². The molecule has 0 atom stereocenters. The van der Waals surface area contributed by atoms with Crippen molar-refractivity contribution >= 4 is 17.7 Å². The van der Waals surface area contributed by atoms with Crippen LogP contribution in [-0.4, -0.2) is 71.7 Å². The Labute approximate surface area is 169 Å². The van der Waals surface area contributed by atoms with Crippen LogP contribution in [0.25, 0.3) is 0 Å². The van der Waals surface area contributed by atoms with Crippen LogP contribution < -0.4 is 0 Å². The molecule has 152 valence electrons. The van der Waals surface area contributed by atoms with Crippen LogP contribution in [0.2, 0.25) is 0 Å². The molecule has 7 heteroatoms. The second-order valence-electron chi connectivity index (χ2n) is 7.56. The number of carbonyl (C=O) groups is 3. The van der Waals surface area contributed by atoms with E-state index in [0.29, 0.717) is 63.2 Å². The number of hydrogen-bond donors (Lipinski definition) is 0. The standard InChI is InChI=1S/C22H25N3O4/c26-20(17-4-2-1-3-5-17)24-11-13-25(14-12-24)21(27)18-6-9-23(10-7-18)22(28)19-8-15-29-16-19/h1-5,8,15-16,18H,6-7,9-14H2. The van der Waals surface area contributed by atoms with Gasteiger partial charge in [-0.05, 0) is 31.0 Å². The molecule has 2 aliphatic rings. The highest BCUT2D eigenvalue weighted by Gasteiger charge is 2.32. The number of amides is 3. The van der Waals surface area contributed by atoms with Crippen molar-refractivity contribution in [3.8, 4) is 0 Å². The molecule has 2 fully saturated rings. The summed E-state index contributed by atoms with van der Waals surface area (Å²) in [5.74, 6) is 0.0634. The van der Waals surface area contributed by atoms with E-state index < -0.39 is 0 Å². The third kappa shape index (κ3) is 4.18. The van der Waals surface area contributed by atoms with Gasteiger partial charge >= 0.3 is 0 Å². The van der Waals surface area contributed by atoms with Crippen LogP contribution in [0.1, 0.15) is 33.6 Å². The average molecular weight is 395 g/mol. The van der Waals surface area contributed by atoms with Crippen LogP contribution in [-0.2, 0) is 4.79 Å². The van der Waals surface area contributed by atoms with Gasteiger partial charge < -0.3 is 19.1 Å². The summed E-state index contributed by atoms with van der Waals surface area (Å²) < 4.78 is 4.98. The number of hydrogen-bond acceptors (Lipinski definition) is 4. The molecular weight excluding hydrogens is 370 g/mol. The lowest BCUT2D eigenvalue weighted by Gasteiger charge is -2.38. The number of furan rings is 1. The number of benzene rings is 1. The second-order valence-corrected chi connectivity index (χ2v) is 7.56. The van der Waals surface area contributed by atoms with Gasteiger partial charge in [0, 0.05) is 50.7 Å². The lowest BCUT2D eigenvalue weighted by molar-refractivity contribution is -0.138. The van der Waals surface area contributed by atoms with E-state index in [1.54, 1.807) is 11.0 Å². The van der Waals surface area contributed by atoms with E-state index in [0.717, 1.165) is 0 Å². The van der Waals surface area contributed by atoms with E-state index >= 15 is 0 Å². The van der Waals surface area contributed by atoms with Crippen LogP contribution >= 0.6 is 0 Å². The van der Waals surface area contributed by atoms with E-state index in [9.17, 15) is 14.4 Å². The highest BCUT2D eigenvalue weighted by molar-refractivity contribution is 5.95. The highest BCUT2D eigenvalue weighted by Crippen LogP contribution is 2.22. The van der Waals surface area contributed by atoms with Gasteiger partial charge in [0.15, 0.2) is 0 Å². The van der Waals surface area contributed by atoms with Gasteiger partial charge in [-0.15, -0.1) is 0 Å². The second kappa shape index (κ2) is 8.51. The van der Waals surface area contributed by atoms with Crippen molar-refractivity contribution in [1.29, 1.82) is 0 Å². The number of piperidine rings is 1. The molecule has 29 heavy (non-hydrogen) atoms. The molecule has 0 bridgehead atoms. The van der Waals surface area contributed by atoms with Crippen LogP contribution in [0.15, 0.2) is 53.3 Å². The molecule has 4 rings (SSSR count). The van der Waals surface area contributed by atoms with Crippen molar-refractivity contribution in [3.63, 3.8) is 0 Å². The summed E-state index contributed by atoms with van der Waals surface area (Å²) in [5.41, 5.74) is 1.23. The van der Waals surface area contributed by atoms with E-state index in [2.05, 4.69) is 0 Å². The summed E-state index contributed by atoms with van der Waals surface area (Å²) in [4.78, 5) is 43.3. The maximum atomic E-state index is 12.9. The molecule has 3 amide bonds. The fourth-order valence-electron chi connectivity index (χ4n) is 4.05. The Hall–Kier alpha value is -3.09. The van der Waals surface area contributed by atoms with Crippen molar-refractivity contribution in [2.24, 2.45) is 5.92 Å². The number of carbonyl (C=O) groups excluding carboxylic acids is 3. The Morgan fingerprint density at radius 1 is 0.724 bits per heavy atom. The Kier molecular flexibility index (Phi) is 5.64. The lowest BCUT2D eigenvalue weighted by atomic mass is 9.94. The third-order valence-corrected chi connectivity index (χ3v) is 5.80. The zero-order valence-corrected chi connectivity index (χ0v) is 16.3. The van der Waals surface area contributed by atoms with Crippen LogP contribution in [0.4, 0.5) is 0 Å². The Morgan fingerprint density at radius 3 is 1.93 bits per heavy atom. The quantitative estimate of drug-likeness (QED) is 0.798.